The maximum absolute atomic E-state index is 5.41. The predicted molar refractivity (Wildman–Crippen MR) is 218 cm³/mol. The van der Waals surface area contributed by atoms with Crippen LogP contribution in [0.4, 0.5) is 5.69 Å². The van der Waals surface area contributed by atoms with Crippen LogP contribution in [0.15, 0.2) is 137 Å². The molecular formula is C49H46N2S. The summed E-state index contributed by atoms with van der Waals surface area (Å²) in [7, 11) is 0. The summed E-state index contributed by atoms with van der Waals surface area (Å²) in [6.45, 7) is 5.00. The van der Waals surface area contributed by atoms with E-state index in [4.69, 9.17) is 4.99 Å². The molecular weight excluding hydrogens is 649 g/mol. The molecule has 5 aromatic rings. The van der Waals surface area contributed by atoms with Crippen LogP contribution in [0.5, 0.6) is 0 Å². The minimum Gasteiger partial charge on any atom is -0.339 e. The summed E-state index contributed by atoms with van der Waals surface area (Å²) >= 11 is 1.88. The van der Waals surface area contributed by atoms with E-state index in [0.717, 1.165) is 11.4 Å². The largest absolute Gasteiger partial charge is 0.339 e. The Morgan fingerprint density at radius 3 is 2.37 bits per heavy atom. The molecule has 2 nitrogen and oxygen atoms in total. The molecule has 1 aromatic heterocycles. The Balaban J connectivity index is 0.994. The van der Waals surface area contributed by atoms with Gasteiger partial charge in [-0.3, -0.25) is 4.99 Å². The van der Waals surface area contributed by atoms with Crippen LogP contribution < -0.4 is 5.32 Å². The highest BCUT2D eigenvalue weighted by Crippen LogP contribution is 2.69. The average Bonchev–Trinajstić information content (AvgIpc) is 3.78. The summed E-state index contributed by atoms with van der Waals surface area (Å²) in [5, 5.41) is 5.03. The standard InChI is InChI=1S/C49H46N2S/c1-48(2)39-20-9-7-16-34(39)37-29-41-38(28-40(37)48)35-19-13-18-33(43(35)49(41)26-11-4-12-27-49)30-22-24-31(25-23-30)44-46-45(36-17-8-10-21-42(36)52-46)51-47(50-44)32-14-5-3-6-15-32/h3,5-10,14-18,20-25,28-29,35,37,40,43-44H,4,11-13,19,26-27H2,1-2H3,(H,50,51). The minimum absolute atomic E-state index is 0.0361. The first-order chi connectivity index (χ1) is 25.5. The average molecular weight is 695 g/mol. The van der Waals surface area contributed by atoms with Crippen molar-refractivity contribution in [2.75, 3.05) is 5.32 Å². The van der Waals surface area contributed by atoms with Gasteiger partial charge in [0.05, 0.1) is 10.6 Å². The van der Waals surface area contributed by atoms with Crippen LogP contribution in [0.1, 0.15) is 103 Å². The van der Waals surface area contributed by atoms with Gasteiger partial charge in [0.2, 0.25) is 0 Å². The maximum atomic E-state index is 5.41. The van der Waals surface area contributed by atoms with Gasteiger partial charge < -0.3 is 5.32 Å². The van der Waals surface area contributed by atoms with Crippen molar-refractivity contribution >= 4 is 38.5 Å². The van der Waals surface area contributed by atoms with E-state index >= 15 is 0 Å². The van der Waals surface area contributed by atoms with Crippen LogP contribution >= 0.6 is 11.3 Å². The molecule has 1 N–H and O–H groups in total. The van der Waals surface area contributed by atoms with E-state index in [-0.39, 0.29) is 16.9 Å². The Kier molecular flexibility index (Phi) is 6.88. The summed E-state index contributed by atoms with van der Waals surface area (Å²) in [4.78, 5) is 6.72. The molecule has 5 aliphatic carbocycles. The Bertz CT molecular complexity index is 2360. The lowest BCUT2D eigenvalue weighted by Gasteiger charge is -2.44. The van der Waals surface area contributed by atoms with Crippen LogP contribution in [-0.4, -0.2) is 5.84 Å². The number of benzene rings is 4. The molecule has 2 heterocycles. The first kappa shape index (κ1) is 31.1. The molecule has 2 fully saturated rings. The van der Waals surface area contributed by atoms with E-state index in [0.29, 0.717) is 23.7 Å². The van der Waals surface area contributed by atoms with E-state index in [9.17, 15) is 0 Å². The topological polar surface area (TPSA) is 24.4 Å². The number of amidine groups is 1. The van der Waals surface area contributed by atoms with Gasteiger partial charge in [0.15, 0.2) is 0 Å². The predicted octanol–water partition coefficient (Wildman–Crippen LogP) is 12.8. The molecule has 258 valence electrons. The van der Waals surface area contributed by atoms with E-state index in [2.05, 4.69) is 141 Å². The third-order valence-electron chi connectivity index (χ3n) is 14.1. The fourth-order valence-electron chi connectivity index (χ4n) is 11.8. The zero-order chi connectivity index (χ0) is 34.6. The number of allylic oxidation sites excluding steroid dienone is 6. The van der Waals surface area contributed by atoms with Gasteiger partial charge in [0.1, 0.15) is 11.9 Å². The van der Waals surface area contributed by atoms with Crippen LogP contribution in [-0.2, 0) is 5.41 Å². The number of aliphatic imine (C=N–C) groups is 1. The fraction of sp³-hybridized carbons (Fsp3) is 0.327. The third kappa shape index (κ3) is 4.38. The number of rotatable bonds is 3. The van der Waals surface area contributed by atoms with Crippen molar-refractivity contribution in [2.24, 2.45) is 28.2 Å². The Labute approximate surface area is 312 Å². The lowest BCUT2D eigenvalue weighted by molar-refractivity contribution is 0.175. The Hall–Kier alpha value is -4.47. The molecule has 3 heteroatoms. The second-order valence-electron chi connectivity index (χ2n) is 16.9. The first-order valence-corrected chi connectivity index (χ1v) is 20.6. The molecule has 52 heavy (non-hydrogen) atoms. The zero-order valence-corrected chi connectivity index (χ0v) is 31.1. The van der Waals surface area contributed by atoms with Crippen molar-refractivity contribution in [1.29, 1.82) is 0 Å². The highest BCUT2D eigenvalue weighted by Gasteiger charge is 2.59. The van der Waals surface area contributed by atoms with Gasteiger partial charge in [-0.2, -0.15) is 0 Å². The molecule has 2 saturated carbocycles. The fourth-order valence-corrected chi connectivity index (χ4v) is 13.0. The van der Waals surface area contributed by atoms with Gasteiger partial charge in [0, 0.05) is 32.9 Å². The highest BCUT2D eigenvalue weighted by atomic mass is 32.1. The number of nitrogens with one attached hydrogen (secondary N) is 1. The summed E-state index contributed by atoms with van der Waals surface area (Å²) in [6, 6.07) is 38.4. The number of hydrogen-bond donors (Lipinski definition) is 1. The lowest BCUT2D eigenvalue weighted by Crippen LogP contribution is -2.34. The molecule has 0 saturated heterocycles. The van der Waals surface area contributed by atoms with Crippen molar-refractivity contribution in [3.05, 3.63) is 165 Å². The molecule has 0 bridgehead atoms. The second-order valence-corrected chi connectivity index (χ2v) is 18.0. The van der Waals surface area contributed by atoms with Crippen molar-refractivity contribution in [2.45, 2.75) is 76.2 Å². The van der Waals surface area contributed by atoms with Gasteiger partial charge in [-0.25, -0.2) is 0 Å². The SMILES string of the molecule is CC1(C)c2ccccc2C2C=C3C(=CC21)C1CCC=C(c2ccc(C4N=C(c5ccccc5)Nc5c4sc4ccccc54)cc2)C1C31CCCCC1. The molecule has 6 aliphatic rings. The van der Waals surface area contributed by atoms with E-state index in [1.165, 1.54) is 76.7 Å². The summed E-state index contributed by atoms with van der Waals surface area (Å²) in [5.41, 5.74) is 13.7. The van der Waals surface area contributed by atoms with Crippen molar-refractivity contribution in [1.82, 2.24) is 0 Å². The second kappa shape index (κ2) is 11.5. The normalized spacial score (nSPS) is 27.6. The minimum atomic E-state index is -0.0361. The first-order valence-electron chi connectivity index (χ1n) is 19.8. The molecule has 11 rings (SSSR count). The maximum Gasteiger partial charge on any atom is 0.133 e. The summed E-state index contributed by atoms with van der Waals surface area (Å²) in [5.74, 6) is 3.18. The molecule has 0 amide bonds. The number of anilines is 1. The molecule has 5 atom stereocenters. The number of fused-ring (bicyclic) bond motifs is 11. The molecule has 4 aromatic carbocycles. The van der Waals surface area contributed by atoms with Gasteiger partial charge in [-0.15, -0.1) is 11.3 Å². The van der Waals surface area contributed by atoms with Crippen LogP contribution in [0, 0.1) is 23.2 Å². The Morgan fingerprint density at radius 2 is 1.52 bits per heavy atom. The van der Waals surface area contributed by atoms with Crippen molar-refractivity contribution in [3.63, 3.8) is 0 Å². The monoisotopic (exact) mass is 694 g/mol. The molecule has 0 radical (unpaired) electrons. The number of nitrogens with zero attached hydrogens (tertiary/aromatic N) is 1. The van der Waals surface area contributed by atoms with Crippen LogP contribution in [0.3, 0.4) is 0 Å². The smallest absolute Gasteiger partial charge is 0.133 e. The molecule has 1 aliphatic heterocycles. The lowest BCUT2D eigenvalue weighted by atomic mass is 9.59. The van der Waals surface area contributed by atoms with Gasteiger partial charge in [-0.05, 0) is 88.0 Å². The molecule has 1 spiro atoms. The van der Waals surface area contributed by atoms with Crippen LogP contribution in [0.25, 0.3) is 15.7 Å². The quantitative estimate of drug-likeness (QED) is 0.200. The van der Waals surface area contributed by atoms with Gasteiger partial charge >= 0.3 is 0 Å². The van der Waals surface area contributed by atoms with E-state index < -0.39 is 0 Å². The molecule has 5 unspecified atom stereocenters. The third-order valence-corrected chi connectivity index (χ3v) is 15.3. The van der Waals surface area contributed by atoms with E-state index in [1.807, 2.05) is 11.3 Å². The number of thiophene rings is 1. The summed E-state index contributed by atoms with van der Waals surface area (Å²) < 4.78 is 1.31. The highest BCUT2D eigenvalue weighted by molar-refractivity contribution is 7.20. The van der Waals surface area contributed by atoms with E-state index in [1.54, 1.807) is 27.8 Å². The number of hydrogen-bond acceptors (Lipinski definition) is 3. The Morgan fingerprint density at radius 1 is 0.750 bits per heavy atom. The van der Waals surface area contributed by atoms with Crippen LogP contribution in [0.2, 0.25) is 0 Å². The van der Waals surface area contributed by atoms with Crippen molar-refractivity contribution < 1.29 is 0 Å². The van der Waals surface area contributed by atoms with Crippen molar-refractivity contribution in [3.8, 4) is 0 Å². The summed E-state index contributed by atoms with van der Waals surface area (Å²) in [6.07, 6.45) is 17.5. The zero-order valence-electron chi connectivity index (χ0n) is 30.2. The van der Waals surface area contributed by atoms with Gasteiger partial charge in [-0.1, -0.05) is 148 Å². The van der Waals surface area contributed by atoms with Gasteiger partial charge in [0.25, 0.3) is 0 Å².